The number of nitrogens with one attached hydrogen (secondary N) is 2. The van der Waals surface area contributed by atoms with Crippen LogP contribution in [-0.4, -0.2) is 5.54 Å². The van der Waals surface area contributed by atoms with E-state index in [9.17, 15) is 0 Å². The molecule has 0 spiro atoms. The summed E-state index contributed by atoms with van der Waals surface area (Å²) >= 11 is 0. The number of hydrogen-bond acceptors (Lipinski definition) is 2. The molecule has 1 heterocycles. The van der Waals surface area contributed by atoms with Gasteiger partial charge in [-0.25, -0.2) is 0 Å². The largest absolute Gasteiger partial charge is 0.309 e. The van der Waals surface area contributed by atoms with Gasteiger partial charge in [0.25, 0.3) is 0 Å². The highest BCUT2D eigenvalue weighted by Crippen LogP contribution is 2.34. The van der Waals surface area contributed by atoms with Crippen LogP contribution in [0.15, 0.2) is 18.2 Å². The predicted octanol–water partition coefficient (Wildman–Crippen LogP) is 2.71. The fourth-order valence-electron chi connectivity index (χ4n) is 3.01. The van der Waals surface area contributed by atoms with Gasteiger partial charge in [0.2, 0.25) is 0 Å². The first-order valence-corrected chi connectivity index (χ1v) is 6.88. The molecule has 0 atom stereocenters. The Morgan fingerprint density at radius 1 is 1.24 bits per heavy atom. The van der Waals surface area contributed by atoms with Crippen molar-refractivity contribution in [1.82, 2.24) is 10.6 Å². The lowest BCUT2D eigenvalue weighted by molar-refractivity contribution is 0.175. The SMILES string of the molecule is CCC1(NCc2ccc3c(c2)CNC3)CCC1. The molecule has 1 fully saturated rings. The molecule has 1 aromatic carbocycles. The fourth-order valence-corrected chi connectivity index (χ4v) is 3.01. The maximum absolute atomic E-state index is 3.77. The van der Waals surface area contributed by atoms with Crippen LogP contribution < -0.4 is 10.6 Å². The zero-order chi connectivity index (χ0) is 11.7. The summed E-state index contributed by atoms with van der Waals surface area (Å²) in [6, 6.07) is 6.93. The molecule has 17 heavy (non-hydrogen) atoms. The Kier molecular flexibility index (Phi) is 2.93. The minimum absolute atomic E-state index is 0.456. The van der Waals surface area contributed by atoms with E-state index in [4.69, 9.17) is 0 Å². The van der Waals surface area contributed by atoms with E-state index in [1.54, 1.807) is 0 Å². The summed E-state index contributed by atoms with van der Waals surface area (Å²) in [5.41, 5.74) is 4.86. The molecule has 0 unspecified atom stereocenters. The summed E-state index contributed by atoms with van der Waals surface area (Å²) in [7, 11) is 0. The van der Waals surface area contributed by atoms with Crippen LogP contribution in [0.4, 0.5) is 0 Å². The van der Waals surface area contributed by atoms with Crippen LogP contribution in [0.5, 0.6) is 0 Å². The highest BCUT2D eigenvalue weighted by atomic mass is 15.0. The normalized spacial score (nSPS) is 21.0. The molecule has 1 saturated carbocycles. The molecule has 92 valence electrons. The minimum atomic E-state index is 0.456. The molecule has 0 aromatic heterocycles. The van der Waals surface area contributed by atoms with Gasteiger partial charge in [-0.3, -0.25) is 0 Å². The van der Waals surface area contributed by atoms with E-state index >= 15 is 0 Å². The number of hydrogen-bond donors (Lipinski definition) is 2. The van der Waals surface area contributed by atoms with Gasteiger partial charge in [0.15, 0.2) is 0 Å². The minimum Gasteiger partial charge on any atom is -0.309 e. The van der Waals surface area contributed by atoms with E-state index in [0.717, 1.165) is 19.6 Å². The van der Waals surface area contributed by atoms with Gasteiger partial charge in [0.05, 0.1) is 0 Å². The van der Waals surface area contributed by atoms with Crippen LogP contribution in [0.1, 0.15) is 49.3 Å². The first kappa shape index (κ1) is 11.2. The monoisotopic (exact) mass is 230 g/mol. The van der Waals surface area contributed by atoms with Crippen LogP contribution in [0.3, 0.4) is 0 Å². The standard InChI is InChI=1S/C15H22N2/c1-2-15(6-3-7-15)17-9-12-4-5-13-10-16-11-14(13)8-12/h4-5,8,16-17H,2-3,6-7,9-11H2,1H3. The molecule has 0 bridgehead atoms. The highest BCUT2D eigenvalue weighted by molar-refractivity contribution is 5.34. The number of fused-ring (bicyclic) bond motifs is 1. The molecular formula is C15H22N2. The van der Waals surface area contributed by atoms with E-state index in [1.807, 2.05) is 0 Å². The molecule has 1 aromatic rings. The first-order chi connectivity index (χ1) is 8.31. The van der Waals surface area contributed by atoms with Gasteiger partial charge in [-0.15, -0.1) is 0 Å². The van der Waals surface area contributed by atoms with E-state index in [1.165, 1.54) is 42.4 Å². The molecule has 2 nitrogen and oxygen atoms in total. The smallest absolute Gasteiger partial charge is 0.0212 e. The third-order valence-corrected chi connectivity index (χ3v) is 4.56. The van der Waals surface area contributed by atoms with Gasteiger partial charge in [0.1, 0.15) is 0 Å². The summed E-state index contributed by atoms with van der Waals surface area (Å²) in [4.78, 5) is 0. The van der Waals surface area contributed by atoms with Crippen molar-refractivity contribution >= 4 is 0 Å². The molecule has 0 saturated heterocycles. The van der Waals surface area contributed by atoms with Crippen molar-refractivity contribution in [2.75, 3.05) is 0 Å². The molecule has 3 rings (SSSR count). The van der Waals surface area contributed by atoms with Crippen LogP contribution >= 0.6 is 0 Å². The molecule has 2 heteroatoms. The quantitative estimate of drug-likeness (QED) is 0.831. The number of rotatable bonds is 4. The molecule has 1 aliphatic heterocycles. The summed E-state index contributed by atoms with van der Waals surface area (Å²) in [6.07, 6.45) is 5.38. The molecule has 0 radical (unpaired) electrons. The van der Waals surface area contributed by atoms with Crippen molar-refractivity contribution in [2.24, 2.45) is 0 Å². The topological polar surface area (TPSA) is 24.1 Å². The van der Waals surface area contributed by atoms with Gasteiger partial charge in [-0.05, 0) is 42.4 Å². The van der Waals surface area contributed by atoms with Crippen molar-refractivity contribution in [3.8, 4) is 0 Å². The summed E-state index contributed by atoms with van der Waals surface area (Å²) in [5, 5.41) is 7.17. The van der Waals surface area contributed by atoms with E-state index in [0.29, 0.717) is 5.54 Å². The fraction of sp³-hybridized carbons (Fsp3) is 0.600. The second-order valence-corrected chi connectivity index (χ2v) is 5.55. The second kappa shape index (κ2) is 4.43. The lowest BCUT2D eigenvalue weighted by atomic mass is 9.75. The zero-order valence-corrected chi connectivity index (χ0v) is 10.7. The Morgan fingerprint density at radius 2 is 2.06 bits per heavy atom. The Labute approximate surface area is 104 Å². The van der Waals surface area contributed by atoms with Crippen molar-refractivity contribution in [1.29, 1.82) is 0 Å². The van der Waals surface area contributed by atoms with Gasteiger partial charge in [-0.2, -0.15) is 0 Å². The second-order valence-electron chi connectivity index (χ2n) is 5.55. The third kappa shape index (κ3) is 2.12. The average Bonchev–Trinajstić information content (AvgIpc) is 2.75. The van der Waals surface area contributed by atoms with Gasteiger partial charge >= 0.3 is 0 Å². The van der Waals surface area contributed by atoms with Crippen LogP contribution in [0.25, 0.3) is 0 Å². The van der Waals surface area contributed by atoms with Crippen molar-refractivity contribution in [2.45, 2.75) is 57.8 Å². The van der Waals surface area contributed by atoms with E-state index in [-0.39, 0.29) is 0 Å². The number of benzene rings is 1. The lowest BCUT2D eigenvalue weighted by Gasteiger charge is -2.42. The lowest BCUT2D eigenvalue weighted by Crippen LogP contribution is -2.49. The highest BCUT2D eigenvalue weighted by Gasteiger charge is 2.34. The van der Waals surface area contributed by atoms with E-state index < -0.39 is 0 Å². The van der Waals surface area contributed by atoms with Crippen molar-refractivity contribution in [3.63, 3.8) is 0 Å². The molecule has 0 amide bonds. The first-order valence-electron chi connectivity index (χ1n) is 6.88. The Balaban J connectivity index is 1.65. The Morgan fingerprint density at radius 3 is 2.76 bits per heavy atom. The van der Waals surface area contributed by atoms with Gasteiger partial charge < -0.3 is 10.6 Å². The zero-order valence-electron chi connectivity index (χ0n) is 10.7. The van der Waals surface area contributed by atoms with E-state index in [2.05, 4.69) is 35.8 Å². The van der Waals surface area contributed by atoms with Crippen LogP contribution in [-0.2, 0) is 19.6 Å². The summed E-state index contributed by atoms with van der Waals surface area (Å²) in [5.74, 6) is 0. The van der Waals surface area contributed by atoms with Crippen molar-refractivity contribution in [3.05, 3.63) is 34.9 Å². The summed E-state index contributed by atoms with van der Waals surface area (Å²) in [6.45, 7) is 5.42. The molecule has 2 N–H and O–H groups in total. The molecule has 2 aliphatic rings. The van der Waals surface area contributed by atoms with Gasteiger partial charge in [-0.1, -0.05) is 25.1 Å². The maximum atomic E-state index is 3.77. The maximum Gasteiger partial charge on any atom is 0.0212 e. The predicted molar refractivity (Wildman–Crippen MR) is 70.7 cm³/mol. The van der Waals surface area contributed by atoms with Gasteiger partial charge in [0, 0.05) is 25.2 Å². The van der Waals surface area contributed by atoms with Crippen molar-refractivity contribution < 1.29 is 0 Å². The Bertz CT molecular complexity index is 402. The van der Waals surface area contributed by atoms with Crippen LogP contribution in [0.2, 0.25) is 0 Å². The summed E-state index contributed by atoms with van der Waals surface area (Å²) < 4.78 is 0. The third-order valence-electron chi connectivity index (χ3n) is 4.56. The average molecular weight is 230 g/mol. The Hall–Kier alpha value is -0.860. The molecular weight excluding hydrogens is 208 g/mol. The molecule has 1 aliphatic carbocycles. The van der Waals surface area contributed by atoms with Crippen LogP contribution in [0, 0.1) is 0 Å².